The summed E-state index contributed by atoms with van der Waals surface area (Å²) < 4.78 is 13.6. The number of nitrogens with one attached hydrogen (secondary N) is 2. The minimum absolute atomic E-state index is 0.305. The molecular weight excluding hydrogens is 368 g/mol. The van der Waals surface area contributed by atoms with Gasteiger partial charge < -0.3 is 40.2 Å². The Hall–Kier alpha value is -3.28. The molecule has 0 aliphatic heterocycles. The van der Waals surface area contributed by atoms with Gasteiger partial charge in [-0.1, -0.05) is 0 Å². The number of hydrogen-bond donors (Lipinski definition) is 5. The van der Waals surface area contributed by atoms with Crippen molar-refractivity contribution in [2.24, 2.45) is 0 Å². The second-order valence-electron chi connectivity index (χ2n) is 4.93. The SMILES string of the molecule is COC(=O)[C@H](CO)NC(=O)C=C(O)OC[C@H](NC(=O)C=C(C)O)C(=O)OC. The monoisotopic (exact) mass is 390 g/mol. The molecule has 5 N–H and O–H groups in total. The van der Waals surface area contributed by atoms with Crippen LogP contribution < -0.4 is 10.6 Å². The standard InChI is InChI=1S/C15H22N2O10/c1-8(19)4-11(20)17-10(15(24)26-3)7-27-13(22)5-12(21)16-9(6-18)14(23)25-2/h4-5,9-10,18-19,22H,6-7H2,1-3H3,(H,16,21)(H,17,20)/t9-,10-/m0/s1. The first-order chi connectivity index (χ1) is 12.6. The fraction of sp³-hybridized carbons (Fsp3) is 0.467. The van der Waals surface area contributed by atoms with Crippen LogP contribution in [0.2, 0.25) is 0 Å². The van der Waals surface area contributed by atoms with Gasteiger partial charge in [0.05, 0.1) is 32.7 Å². The lowest BCUT2D eigenvalue weighted by Crippen LogP contribution is -2.44. The van der Waals surface area contributed by atoms with Crippen LogP contribution in [-0.4, -0.2) is 78.6 Å². The van der Waals surface area contributed by atoms with Crippen molar-refractivity contribution < 1.29 is 48.7 Å². The Labute approximate surface area is 154 Å². The van der Waals surface area contributed by atoms with Gasteiger partial charge in [0.2, 0.25) is 5.91 Å². The molecule has 0 saturated carbocycles. The maximum Gasteiger partial charge on any atom is 0.331 e. The van der Waals surface area contributed by atoms with E-state index in [1.165, 1.54) is 6.92 Å². The number of methoxy groups -OCH3 is 2. The van der Waals surface area contributed by atoms with E-state index in [4.69, 9.17) is 14.9 Å². The Bertz CT molecular complexity index is 610. The lowest BCUT2D eigenvalue weighted by molar-refractivity contribution is -0.146. The molecule has 0 aromatic rings. The normalized spacial score (nSPS) is 13.8. The van der Waals surface area contributed by atoms with Gasteiger partial charge in [0.25, 0.3) is 11.9 Å². The fourth-order valence-electron chi connectivity index (χ4n) is 1.57. The second kappa shape index (κ2) is 12.1. The molecule has 0 rings (SSSR count). The predicted molar refractivity (Wildman–Crippen MR) is 88.0 cm³/mol. The van der Waals surface area contributed by atoms with Gasteiger partial charge in [-0.15, -0.1) is 0 Å². The van der Waals surface area contributed by atoms with Crippen molar-refractivity contribution in [2.75, 3.05) is 27.4 Å². The molecule has 0 spiro atoms. The average molecular weight is 390 g/mol. The van der Waals surface area contributed by atoms with E-state index in [1.807, 2.05) is 5.32 Å². The van der Waals surface area contributed by atoms with Crippen molar-refractivity contribution in [2.45, 2.75) is 19.0 Å². The molecule has 0 heterocycles. The van der Waals surface area contributed by atoms with Gasteiger partial charge in [-0.2, -0.15) is 0 Å². The van der Waals surface area contributed by atoms with Crippen LogP contribution in [0.4, 0.5) is 0 Å². The van der Waals surface area contributed by atoms with Crippen LogP contribution in [0.1, 0.15) is 6.92 Å². The smallest absolute Gasteiger partial charge is 0.331 e. The summed E-state index contributed by atoms with van der Waals surface area (Å²) in [4.78, 5) is 46.0. The molecule has 0 unspecified atom stereocenters. The van der Waals surface area contributed by atoms with E-state index in [2.05, 4.69) is 14.8 Å². The van der Waals surface area contributed by atoms with Gasteiger partial charge in [0.1, 0.15) is 6.61 Å². The van der Waals surface area contributed by atoms with E-state index in [0.717, 1.165) is 20.3 Å². The Morgan fingerprint density at radius 1 is 0.926 bits per heavy atom. The van der Waals surface area contributed by atoms with Crippen LogP contribution in [-0.2, 0) is 33.4 Å². The molecule has 0 saturated heterocycles. The maximum atomic E-state index is 11.6. The summed E-state index contributed by atoms with van der Waals surface area (Å²) in [5.74, 6) is -4.86. The van der Waals surface area contributed by atoms with Crippen molar-refractivity contribution >= 4 is 23.8 Å². The highest BCUT2D eigenvalue weighted by atomic mass is 16.6. The third-order valence-corrected chi connectivity index (χ3v) is 2.78. The molecular formula is C15H22N2O10. The van der Waals surface area contributed by atoms with Crippen LogP contribution in [0, 0.1) is 0 Å². The maximum absolute atomic E-state index is 11.6. The zero-order chi connectivity index (χ0) is 21.0. The lowest BCUT2D eigenvalue weighted by atomic mass is 10.3. The highest BCUT2D eigenvalue weighted by Crippen LogP contribution is 1.99. The zero-order valence-corrected chi connectivity index (χ0v) is 14.9. The molecule has 0 aliphatic carbocycles. The van der Waals surface area contributed by atoms with Crippen molar-refractivity contribution in [3.8, 4) is 0 Å². The van der Waals surface area contributed by atoms with Crippen LogP contribution in [0.5, 0.6) is 0 Å². The molecule has 0 aliphatic rings. The van der Waals surface area contributed by atoms with E-state index in [-0.39, 0.29) is 5.76 Å². The molecule has 2 amide bonds. The quantitative estimate of drug-likeness (QED) is 0.162. The zero-order valence-electron chi connectivity index (χ0n) is 14.9. The largest absolute Gasteiger partial charge is 0.512 e. The Morgan fingerprint density at radius 2 is 1.41 bits per heavy atom. The van der Waals surface area contributed by atoms with Crippen LogP contribution in [0.25, 0.3) is 0 Å². The summed E-state index contributed by atoms with van der Waals surface area (Å²) in [6.07, 6.45) is 1.35. The van der Waals surface area contributed by atoms with Crippen LogP contribution in [0.3, 0.4) is 0 Å². The average Bonchev–Trinajstić information content (AvgIpc) is 2.60. The summed E-state index contributed by atoms with van der Waals surface area (Å²) in [5, 5.41) is 31.8. The Kier molecular flexibility index (Phi) is 10.7. The van der Waals surface area contributed by atoms with Gasteiger partial charge in [-0.05, 0) is 6.92 Å². The highest BCUT2D eigenvalue weighted by Gasteiger charge is 2.23. The summed E-state index contributed by atoms with van der Waals surface area (Å²) in [5.41, 5.74) is 0. The number of rotatable bonds is 10. The van der Waals surface area contributed by atoms with E-state index >= 15 is 0 Å². The Morgan fingerprint density at radius 3 is 1.89 bits per heavy atom. The first kappa shape index (κ1) is 23.7. The van der Waals surface area contributed by atoms with Crippen molar-refractivity contribution in [3.05, 3.63) is 23.9 Å². The molecule has 2 atom stereocenters. The van der Waals surface area contributed by atoms with Crippen molar-refractivity contribution in [1.29, 1.82) is 0 Å². The molecule has 0 bridgehead atoms. The highest BCUT2D eigenvalue weighted by molar-refractivity contribution is 5.92. The molecule has 0 aromatic carbocycles. The van der Waals surface area contributed by atoms with Gasteiger partial charge >= 0.3 is 11.9 Å². The number of aliphatic hydroxyl groups is 3. The van der Waals surface area contributed by atoms with Crippen molar-refractivity contribution in [1.82, 2.24) is 10.6 Å². The number of hydrogen-bond acceptors (Lipinski definition) is 10. The number of allylic oxidation sites excluding steroid dienone is 1. The summed E-state index contributed by atoms with van der Waals surface area (Å²) in [7, 11) is 2.11. The van der Waals surface area contributed by atoms with Crippen LogP contribution in [0.15, 0.2) is 23.9 Å². The molecule has 0 fully saturated rings. The summed E-state index contributed by atoms with van der Waals surface area (Å²) >= 11 is 0. The first-order valence-electron chi connectivity index (χ1n) is 7.42. The number of esters is 2. The number of amides is 2. The van der Waals surface area contributed by atoms with Gasteiger partial charge in [0, 0.05) is 6.08 Å². The van der Waals surface area contributed by atoms with Gasteiger partial charge in [-0.25, -0.2) is 9.59 Å². The van der Waals surface area contributed by atoms with E-state index in [9.17, 15) is 24.3 Å². The number of carbonyl (C=O) groups is 4. The third kappa shape index (κ3) is 9.69. The first-order valence-corrected chi connectivity index (χ1v) is 7.42. The topological polar surface area (TPSA) is 181 Å². The lowest BCUT2D eigenvalue weighted by Gasteiger charge is -2.16. The van der Waals surface area contributed by atoms with Crippen molar-refractivity contribution in [3.63, 3.8) is 0 Å². The van der Waals surface area contributed by atoms with E-state index < -0.39 is 55.0 Å². The summed E-state index contributed by atoms with van der Waals surface area (Å²) in [6.45, 7) is -0.0980. The molecule has 152 valence electrons. The molecule has 27 heavy (non-hydrogen) atoms. The third-order valence-electron chi connectivity index (χ3n) is 2.78. The minimum atomic E-state index is -1.35. The van der Waals surface area contributed by atoms with E-state index in [0.29, 0.717) is 6.08 Å². The van der Waals surface area contributed by atoms with E-state index in [1.54, 1.807) is 0 Å². The van der Waals surface area contributed by atoms with Crippen LogP contribution >= 0.6 is 0 Å². The molecule has 12 nitrogen and oxygen atoms in total. The molecule has 12 heteroatoms. The summed E-state index contributed by atoms with van der Waals surface area (Å²) in [6, 6.07) is -2.70. The fourth-order valence-corrected chi connectivity index (χ4v) is 1.57. The number of aliphatic hydroxyl groups excluding tert-OH is 3. The minimum Gasteiger partial charge on any atom is -0.512 e. The van der Waals surface area contributed by atoms with Gasteiger partial charge in [-0.3, -0.25) is 9.59 Å². The second-order valence-corrected chi connectivity index (χ2v) is 4.93. The molecule has 0 aromatic heterocycles. The predicted octanol–water partition coefficient (Wildman–Crippen LogP) is -1.83. The number of ether oxygens (including phenoxy) is 3. The van der Waals surface area contributed by atoms with Gasteiger partial charge in [0.15, 0.2) is 12.1 Å². The Balaban J connectivity index is 4.85. The molecule has 0 radical (unpaired) electrons. The number of carbonyl (C=O) groups excluding carboxylic acids is 4.